The number of hydrogen-bond donors (Lipinski definition) is 2. The first-order valence-electron chi connectivity index (χ1n) is 8.38. The van der Waals surface area contributed by atoms with Gasteiger partial charge in [0.15, 0.2) is 0 Å². The van der Waals surface area contributed by atoms with Crippen LogP contribution in [-0.2, 0) is 6.54 Å². The molecule has 6 heteroatoms. The molecule has 0 saturated carbocycles. The van der Waals surface area contributed by atoms with Crippen LogP contribution in [0, 0.1) is 0 Å². The molecular formula is C19H20N4OS. The predicted molar refractivity (Wildman–Crippen MR) is 103 cm³/mol. The second-order valence-electron chi connectivity index (χ2n) is 6.21. The molecule has 128 valence electrons. The van der Waals surface area contributed by atoms with Gasteiger partial charge in [0.2, 0.25) is 5.91 Å². The third kappa shape index (κ3) is 3.27. The molecule has 0 radical (unpaired) electrons. The van der Waals surface area contributed by atoms with E-state index in [1.165, 1.54) is 17.2 Å². The van der Waals surface area contributed by atoms with Crippen LogP contribution in [-0.4, -0.2) is 45.4 Å². The lowest BCUT2D eigenvalue weighted by Gasteiger charge is -2.26. The first-order valence-corrected chi connectivity index (χ1v) is 9.54. The summed E-state index contributed by atoms with van der Waals surface area (Å²) in [5.41, 5.74) is 10.2. The summed E-state index contributed by atoms with van der Waals surface area (Å²) in [7, 11) is 0. The van der Waals surface area contributed by atoms with Gasteiger partial charge in [-0.25, -0.2) is 4.98 Å². The Morgan fingerprint density at radius 1 is 1.20 bits per heavy atom. The van der Waals surface area contributed by atoms with Gasteiger partial charge >= 0.3 is 0 Å². The van der Waals surface area contributed by atoms with E-state index in [0.29, 0.717) is 5.56 Å². The minimum atomic E-state index is -0.404. The Balaban J connectivity index is 1.77. The van der Waals surface area contributed by atoms with Crippen molar-refractivity contribution in [3.05, 3.63) is 53.9 Å². The first kappa shape index (κ1) is 16.2. The van der Waals surface area contributed by atoms with Crippen LogP contribution in [0.3, 0.4) is 0 Å². The second kappa shape index (κ2) is 6.90. The minimum Gasteiger partial charge on any atom is -0.366 e. The maximum atomic E-state index is 11.3. The van der Waals surface area contributed by atoms with E-state index < -0.39 is 5.91 Å². The number of carbonyl (C=O) groups is 1. The van der Waals surface area contributed by atoms with E-state index in [1.807, 2.05) is 30.0 Å². The average Bonchev–Trinajstić information content (AvgIpc) is 3.00. The average molecular weight is 352 g/mol. The largest absolute Gasteiger partial charge is 0.366 e. The molecule has 1 amide bonds. The van der Waals surface area contributed by atoms with Gasteiger partial charge in [-0.2, -0.15) is 11.8 Å². The van der Waals surface area contributed by atoms with Gasteiger partial charge in [0, 0.05) is 59.5 Å². The number of aromatic nitrogens is 2. The lowest BCUT2D eigenvalue weighted by atomic mass is 10.0. The zero-order chi connectivity index (χ0) is 17.2. The summed E-state index contributed by atoms with van der Waals surface area (Å²) in [5, 5.41) is 1.11. The molecule has 1 aromatic carbocycles. The summed E-state index contributed by atoms with van der Waals surface area (Å²) < 4.78 is 0. The zero-order valence-electron chi connectivity index (χ0n) is 13.9. The molecule has 2 aromatic heterocycles. The second-order valence-corrected chi connectivity index (χ2v) is 7.43. The molecular weight excluding hydrogens is 332 g/mol. The van der Waals surface area contributed by atoms with Gasteiger partial charge in [0.1, 0.15) is 5.65 Å². The molecule has 1 aliphatic heterocycles. The van der Waals surface area contributed by atoms with Crippen molar-refractivity contribution in [1.29, 1.82) is 0 Å². The summed E-state index contributed by atoms with van der Waals surface area (Å²) in [6.45, 7) is 3.09. The van der Waals surface area contributed by atoms with Gasteiger partial charge in [-0.05, 0) is 29.8 Å². The molecule has 3 heterocycles. The van der Waals surface area contributed by atoms with Crippen LogP contribution >= 0.6 is 11.8 Å². The predicted octanol–water partition coefficient (Wildman–Crippen LogP) is 2.88. The van der Waals surface area contributed by atoms with Crippen molar-refractivity contribution >= 4 is 28.7 Å². The molecule has 0 atom stereocenters. The molecule has 1 fully saturated rings. The molecule has 0 unspecified atom stereocenters. The van der Waals surface area contributed by atoms with Gasteiger partial charge < -0.3 is 10.7 Å². The van der Waals surface area contributed by atoms with Gasteiger partial charge in [-0.1, -0.05) is 12.1 Å². The first-order chi connectivity index (χ1) is 12.2. The van der Waals surface area contributed by atoms with Gasteiger partial charge in [-0.3, -0.25) is 9.69 Å². The number of H-pyrrole nitrogens is 1. The number of benzene rings is 1. The molecule has 5 nitrogen and oxygen atoms in total. The highest BCUT2D eigenvalue weighted by Gasteiger charge is 2.18. The quantitative estimate of drug-likeness (QED) is 0.757. The summed E-state index contributed by atoms with van der Waals surface area (Å²) in [5.74, 6) is 1.96. The highest BCUT2D eigenvalue weighted by Crippen LogP contribution is 2.33. The van der Waals surface area contributed by atoms with Crippen LogP contribution in [0.25, 0.3) is 22.2 Å². The topological polar surface area (TPSA) is 75.0 Å². The molecule has 1 aliphatic rings. The van der Waals surface area contributed by atoms with Crippen LogP contribution in [0.2, 0.25) is 0 Å². The molecule has 0 aliphatic carbocycles. The van der Waals surface area contributed by atoms with Crippen molar-refractivity contribution in [2.45, 2.75) is 6.54 Å². The third-order valence-electron chi connectivity index (χ3n) is 4.59. The van der Waals surface area contributed by atoms with Gasteiger partial charge in [0.25, 0.3) is 0 Å². The highest BCUT2D eigenvalue weighted by molar-refractivity contribution is 7.99. The maximum Gasteiger partial charge on any atom is 0.248 e. The number of pyridine rings is 1. The minimum absolute atomic E-state index is 0.404. The molecule has 4 rings (SSSR count). The van der Waals surface area contributed by atoms with E-state index in [1.54, 1.807) is 18.3 Å². The van der Waals surface area contributed by atoms with E-state index in [-0.39, 0.29) is 0 Å². The number of carbonyl (C=O) groups excluding carboxylic acids is 1. The van der Waals surface area contributed by atoms with E-state index in [4.69, 9.17) is 5.73 Å². The van der Waals surface area contributed by atoms with Gasteiger partial charge in [-0.15, -0.1) is 0 Å². The number of thioether (sulfide) groups is 1. The number of nitrogens with two attached hydrogens (primary N) is 1. The molecule has 0 bridgehead atoms. The number of rotatable bonds is 4. The SMILES string of the molecule is NC(=O)c1ccc(-c2c(CN3CCSCC3)[nH]c3ncccc23)cc1. The monoisotopic (exact) mass is 352 g/mol. The lowest BCUT2D eigenvalue weighted by Crippen LogP contribution is -2.32. The summed E-state index contributed by atoms with van der Waals surface area (Å²) in [6.07, 6.45) is 1.81. The fourth-order valence-electron chi connectivity index (χ4n) is 3.31. The van der Waals surface area contributed by atoms with Crippen molar-refractivity contribution in [2.24, 2.45) is 5.73 Å². The van der Waals surface area contributed by atoms with Crippen molar-refractivity contribution in [3.63, 3.8) is 0 Å². The Hall–Kier alpha value is -2.31. The highest BCUT2D eigenvalue weighted by atomic mass is 32.2. The number of primary amides is 1. The van der Waals surface area contributed by atoms with Crippen LogP contribution in [0.15, 0.2) is 42.6 Å². The Kier molecular flexibility index (Phi) is 4.46. The Labute approximate surface area is 150 Å². The number of nitrogens with one attached hydrogen (secondary N) is 1. The smallest absolute Gasteiger partial charge is 0.248 e. The number of fused-ring (bicyclic) bond motifs is 1. The number of aromatic amines is 1. The Morgan fingerprint density at radius 3 is 2.68 bits per heavy atom. The lowest BCUT2D eigenvalue weighted by molar-refractivity contribution is 0.100. The third-order valence-corrected chi connectivity index (χ3v) is 5.53. The van der Waals surface area contributed by atoms with E-state index >= 15 is 0 Å². The summed E-state index contributed by atoms with van der Waals surface area (Å²) >= 11 is 2.01. The standard InChI is InChI=1S/C19H20N4OS/c20-18(24)14-5-3-13(4-6-14)17-15-2-1-7-21-19(15)22-16(17)12-23-8-10-25-11-9-23/h1-7H,8-12H2,(H2,20,24)(H,21,22). The van der Waals surface area contributed by atoms with Crippen LogP contribution in [0.1, 0.15) is 16.1 Å². The van der Waals surface area contributed by atoms with E-state index in [0.717, 1.165) is 41.8 Å². The van der Waals surface area contributed by atoms with E-state index in [9.17, 15) is 4.79 Å². The maximum absolute atomic E-state index is 11.3. The Bertz CT molecular complexity index is 897. The number of nitrogens with zero attached hydrogens (tertiary/aromatic N) is 2. The molecule has 3 N–H and O–H groups in total. The van der Waals surface area contributed by atoms with Crippen LogP contribution < -0.4 is 5.73 Å². The fourth-order valence-corrected chi connectivity index (χ4v) is 4.29. The molecule has 25 heavy (non-hydrogen) atoms. The van der Waals surface area contributed by atoms with Gasteiger partial charge in [0.05, 0.1) is 0 Å². The Morgan fingerprint density at radius 2 is 1.96 bits per heavy atom. The van der Waals surface area contributed by atoms with Crippen molar-refractivity contribution in [1.82, 2.24) is 14.9 Å². The van der Waals surface area contributed by atoms with Crippen molar-refractivity contribution in [2.75, 3.05) is 24.6 Å². The number of amides is 1. The molecule has 0 spiro atoms. The van der Waals surface area contributed by atoms with Crippen molar-refractivity contribution in [3.8, 4) is 11.1 Å². The molecule has 1 saturated heterocycles. The van der Waals surface area contributed by atoms with Crippen LogP contribution in [0.5, 0.6) is 0 Å². The normalized spacial score (nSPS) is 15.5. The van der Waals surface area contributed by atoms with Crippen LogP contribution in [0.4, 0.5) is 0 Å². The summed E-state index contributed by atoms with van der Waals surface area (Å²) in [4.78, 5) is 21.8. The molecule has 3 aromatic rings. The fraction of sp³-hybridized carbons (Fsp3) is 0.263. The summed E-state index contributed by atoms with van der Waals surface area (Å²) in [6, 6.07) is 11.5. The van der Waals surface area contributed by atoms with E-state index in [2.05, 4.69) is 20.9 Å². The van der Waals surface area contributed by atoms with Crippen molar-refractivity contribution < 1.29 is 4.79 Å². The zero-order valence-corrected chi connectivity index (χ0v) is 14.7. The number of hydrogen-bond acceptors (Lipinski definition) is 4.